The van der Waals surface area contributed by atoms with Gasteiger partial charge in [-0.1, -0.05) is 30.8 Å². The van der Waals surface area contributed by atoms with Crippen LogP contribution < -0.4 is 11.1 Å². The van der Waals surface area contributed by atoms with E-state index >= 15 is 0 Å². The molecule has 0 radical (unpaired) electrons. The summed E-state index contributed by atoms with van der Waals surface area (Å²) in [5, 5.41) is 2.51. The Morgan fingerprint density at radius 2 is 2.00 bits per heavy atom. The van der Waals surface area contributed by atoms with E-state index in [0.29, 0.717) is 12.4 Å². The third-order valence-corrected chi connectivity index (χ3v) is 2.31. The predicted octanol–water partition coefficient (Wildman–Crippen LogP) is 2.11. The van der Waals surface area contributed by atoms with E-state index in [4.69, 9.17) is 17.3 Å². The second-order valence-corrected chi connectivity index (χ2v) is 3.42. The summed E-state index contributed by atoms with van der Waals surface area (Å²) in [6, 6.07) is 7.13. The monoisotopic (exact) mass is 224 g/mol. The molecule has 0 unspecified atom stereocenters. The molecule has 0 fully saturated rings. The Morgan fingerprint density at radius 1 is 1.40 bits per heavy atom. The van der Waals surface area contributed by atoms with E-state index < -0.39 is 6.03 Å². The highest BCUT2D eigenvalue weighted by atomic mass is 35.5. The lowest BCUT2D eigenvalue weighted by molar-refractivity contribution is 0.248. The van der Waals surface area contributed by atoms with Crippen LogP contribution in [0.2, 0.25) is 0 Å². The Balaban J connectivity index is 2.64. The number of carbonyl (C=O) groups excluding carboxylic acids is 1. The van der Waals surface area contributed by atoms with Crippen molar-refractivity contribution in [2.24, 2.45) is 5.73 Å². The number of primary amides is 1. The van der Waals surface area contributed by atoms with Gasteiger partial charge in [-0.2, -0.15) is 0 Å². The number of nitrogens with two attached hydrogens (primary N) is 1. The van der Waals surface area contributed by atoms with Crippen molar-refractivity contribution in [2.75, 3.05) is 5.88 Å². The fourth-order valence-corrected chi connectivity index (χ4v) is 1.28. The van der Waals surface area contributed by atoms with Crippen molar-refractivity contribution < 1.29 is 4.79 Å². The van der Waals surface area contributed by atoms with Gasteiger partial charge < -0.3 is 11.1 Å². The third-order valence-electron chi connectivity index (χ3n) is 1.99. The van der Waals surface area contributed by atoms with Crippen LogP contribution in [0.4, 0.5) is 4.79 Å². The summed E-state index contributed by atoms with van der Waals surface area (Å²) in [5.74, 6) is 0.416. The molecule has 1 rings (SSSR count). The number of hydrogen-bond acceptors (Lipinski definition) is 1. The summed E-state index contributed by atoms with van der Waals surface area (Å²) in [5.41, 5.74) is 7.83. The standard InChI is InChI=1S/C11H13ClN2O/c1-8(6-12)10-4-2-9(3-5-10)7-14-11(13)15/h2-5H,1,6-7H2,(H3,13,14,15). The molecule has 0 heterocycles. The largest absolute Gasteiger partial charge is 0.352 e. The maximum absolute atomic E-state index is 10.5. The molecule has 2 amide bonds. The average molecular weight is 225 g/mol. The first kappa shape index (κ1) is 11.6. The molecular formula is C11H13ClN2O. The van der Waals surface area contributed by atoms with Crippen molar-refractivity contribution in [1.29, 1.82) is 0 Å². The zero-order valence-electron chi connectivity index (χ0n) is 8.29. The lowest BCUT2D eigenvalue weighted by atomic mass is 10.1. The number of urea groups is 1. The Bertz CT molecular complexity index is 359. The number of rotatable bonds is 4. The Kier molecular flexibility index (Phi) is 4.18. The number of alkyl halides is 1. The number of benzene rings is 1. The highest BCUT2D eigenvalue weighted by Gasteiger charge is 1.98. The van der Waals surface area contributed by atoms with Crippen LogP contribution in [0.25, 0.3) is 5.57 Å². The first-order valence-corrected chi connectivity index (χ1v) is 5.03. The Labute approximate surface area is 93.9 Å². The molecule has 0 saturated carbocycles. The second kappa shape index (κ2) is 5.41. The number of allylic oxidation sites excluding steroid dienone is 1. The number of amides is 2. The van der Waals surface area contributed by atoms with E-state index in [-0.39, 0.29) is 0 Å². The summed E-state index contributed by atoms with van der Waals surface area (Å²) in [6.45, 7) is 4.26. The van der Waals surface area contributed by atoms with Crippen LogP contribution in [0.5, 0.6) is 0 Å². The predicted molar refractivity (Wildman–Crippen MR) is 62.6 cm³/mol. The number of halogens is 1. The highest BCUT2D eigenvalue weighted by Crippen LogP contribution is 2.14. The van der Waals surface area contributed by atoms with Gasteiger partial charge >= 0.3 is 6.03 Å². The van der Waals surface area contributed by atoms with Crippen molar-refractivity contribution in [3.8, 4) is 0 Å². The minimum atomic E-state index is -0.524. The molecular weight excluding hydrogens is 212 g/mol. The quantitative estimate of drug-likeness (QED) is 0.757. The van der Waals surface area contributed by atoms with Gasteiger partial charge in [-0.25, -0.2) is 4.79 Å². The van der Waals surface area contributed by atoms with Crippen molar-refractivity contribution in [3.63, 3.8) is 0 Å². The van der Waals surface area contributed by atoms with E-state index in [1.54, 1.807) is 0 Å². The van der Waals surface area contributed by atoms with E-state index in [1.807, 2.05) is 24.3 Å². The maximum atomic E-state index is 10.5. The zero-order chi connectivity index (χ0) is 11.3. The minimum absolute atomic E-state index is 0.416. The SMILES string of the molecule is C=C(CCl)c1ccc(CNC(N)=O)cc1. The van der Waals surface area contributed by atoms with E-state index in [2.05, 4.69) is 11.9 Å². The van der Waals surface area contributed by atoms with Crippen LogP contribution in [-0.4, -0.2) is 11.9 Å². The van der Waals surface area contributed by atoms with Crippen molar-refractivity contribution in [3.05, 3.63) is 42.0 Å². The van der Waals surface area contributed by atoms with Gasteiger partial charge in [0.05, 0.1) is 0 Å². The molecule has 0 aliphatic heterocycles. The van der Waals surface area contributed by atoms with Crippen LogP contribution in [0.15, 0.2) is 30.8 Å². The Hall–Kier alpha value is -1.48. The molecule has 3 nitrogen and oxygen atoms in total. The third kappa shape index (κ3) is 3.64. The lowest BCUT2D eigenvalue weighted by Crippen LogP contribution is -2.28. The van der Waals surface area contributed by atoms with Gasteiger partial charge in [0.15, 0.2) is 0 Å². The molecule has 0 spiro atoms. The van der Waals surface area contributed by atoms with Crippen LogP contribution >= 0.6 is 11.6 Å². The Morgan fingerprint density at radius 3 is 2.47 bits per heavy atom. The van der Waals surface area contributed by atoms with Crippen LogP contribution in [0.1, 0.15) is 11.1 Å². The summed E-state index contributed by atoms with van der Waals surface area (Å²) in [6.07, 6.45) is 0. The number of hydrogen-bond donors (Lipinski definition) is 2. The van der Waals surface area contributed by atoms with Crippen molar-refractivity contribution >= 4 is 23.2 Å². The summed E-state index contributed by atoms with van der Waals surface area (Å²) in [7, 11) is 0. The van der Waals surface area contributed by atoms with Crippen molar-refractivity contribution in [2.45, 2.75) is 6.54 Å². The molecule has 0 aromatic heterocycles. The summed E-state index contributed by atoms with van der Waals surface area (Å²) >= 11 is 5.66. The van der Waals surface area contributed by atoms with Gasteiger partial charge in [-0.3, -0.25) is 0 Å². The maximum Gasteiger partial charge on any atom is 0.312 e. The molecule has 0 bridgehead atoms. The van der Waals surface area contributed by atoms with E-state index in [1.165, 1.54) is 0 Å². The average Bonchev–Trinajstić information content (AvgIpc) is 2.26. The summed E-state index contributed by atoms with van der Waals surface area (Å²) in [4.78, 5) is 10.5. The van der Waals surface area contributed by atoms with Crippen LogP contribution in [0, 0.1) is 0 Å². The lowest BCUT2D eigenvalue weighted by Gasteiger charge is -2.05. The van der Waals surface area contributed by atoms with Gasteiger partial charge in [0.1, 0.15) is 0 Å². The van der Waals surface area contributed by atoms with Crippen LogP contribution in [0.3, 0.4) is 0 Å². The first-order valence-electron chi connectivity index (χ1n) is 4.50. The molecule has 80 valence electrons. The van der Waals surface area contributed by atoms with Gasteiger partial charge in [-0.05, 0) is 16.7 Å². The topological polar surface area (TPSA) is 55.1 Å². The molecule has 15 heavy (non-hydrogen) atoms. The second-order valence-electron chi connectivity index (χ2n) is 3.15. The first-order chi connectivity index (χ1) is 7.13. The molecule has 0 aliphatic rings. The van der Waals surface area contributed by atoms with E-state index in [0.717, 1.165) is 16.7 Å². The number of nitrogens with one attached hydrogen (secondary N) is 1. The van der Waals surface area contributed by atoms with Gasteiger partial charge in [0, 0.05) is 12.4 Å². The minimum Gasteiger partial charge on any atom is -0.352 e. The zero-order valence-corrected chi connectivity index (χ0v) is 9.05. The molecule has 1 aromatic rings. The van der Waals surface area contributed by atoms with Gasteiger partial charge in [0.2, 0.25) is 0 Å². The molecule has 4 heteroatoms. The fourth-order valence-electron chi connectivity index (χ4n) is 1.12. The highest BCUT2D eigenvalue weighted by molar-refractivity contribution is 6.23. The van der Waals surface area contributed by atoms with Gasteiger partial charge in [0.25, 0.3) is 0 Å². The fraction of sp³-hybridized carbons (Fsp3) is 0.182. The molecule has 0 saturated heterocycles. The smallest absolute Gasteiger partial charge is 0.312 e. The van der Waals surface area contributed by atoms with Crippen molar-refractivity contribution in [1.82, 2.24) is 5.32 Å². The normalized spacial score (nSPS) is 9.67. The molecule has 0 atom stereocenters. The summed E-state index contributed by atoms with van der Waals surface area (Å²) < 4.78 is 0. The number of carbonyl (C=O) groups is 1. The van der Waals surface area contributed by atoms with E-state index in [9.17, 15) is 4.79 Å². The molecule has 3 N–H and O–H groups in total. The molecule has 1 aromatic carbocycles. The van der Waals surface area contributed by atoms with Crippen LogP contribution in [-0.2, 0) is 6.54 Å². The van der Waals surface area contributed by atoms with Gasteiger partial charge in [-0.15, -0.1) is 11.6 Å². The molecule has 0 aliphatic carbocycles.